The zero-order valence-electron chi connectivity index (χ0n) is 11.4. The fraction of sp³-hybridized carbons (Fsp3) is 0.500. The van der Waals surface area contributed by atoms with Gasteiger partial charge in [0.25, 0.3) is 0 Å². The van der Waals surface area contributed by atoms with Crippen molar-refractivity contribution in [1.29, 1.82) is 5.26 Å². The molecule has 1 fully saturated rings. The highest BCUT2D eigenvalue weighted by Gasteiger charge is 2.31. The molecule has 1 amide bonds. The van der Waals surface area contributed by atoms with E-state index in [0.29, 0.717) is 25.4 Å². The normalized spacial score (nSPS) is 13.9. The number of nitrogens with zero attached hydrogens (tertiary/aromatic N) is 2. The van der Waals surface area contributed by atoms with E-state index in [1.807, 2.05) is 17.0 Å². The Morgan fingerprint density at radius 1 is 1.42 bits per heavy atom. The molecule has 0 radical (unpaired) electrons. The number of nitriles is 1. The maximum atomic E-state index is 12.2. The van der Waals surface area contributed by atoms with Crippen molar-refractivity contribution in [2.45, 2.75) is 45.1 Å². The summed E-state index contributed by atoms with van der Waals surface area (Å²) >= 11 is 0. The first kappa shape index (κ1) is 13.6. The van der Waals surface area contributed by atoms with Crippen LogP contribution in [0.25, 0.3) is 0 Å². The van der Waals surface area contributed by atoms with Crippen molar-refractivity contribution >= 4 is 5.91 Å². The number of carbonyl (C=O) groups is 1. The highest BCUT2D eigenvalue weighted by atomic mass is 16.2. The molecule has 0 saturated heterocycles. The summed E-state index contributed by atoms with van der Waals surface area (Å²) in [6, 6.07) is 10.7. The van der Waals surface area contributed by atoms with Crippen LogP contribution in [0.3, 0.4) is 0 Å². The summed E-state index contributed by atoms with van der Waals surface area (Å²) in [6.45, 7) is 2.67. The first-order valence-electron chi connectivity index (χ1n) is 6.93. The molecule has 0 N–H and O–H groups in total. The SMILES string of the molecule is Cc1ccccc1CCC(=O)N(CCC#N)C1CC1. The second-order valence-electron chi connectivity index (χ2n) is 5.15. The molecule has 0 bridgehead atoms. The zero-order valence-corrected chi connectivity index (χ0v) is 11.4. The summed E-state index contributed by atoms with van der Waals surface area (Å²) in [4.78, 5) is 14.1. The Bertz CT molecular complexity index is 486. The maximum absolute atomic E-state index is 12.2. The molecule has 0 aromatic heterocycles. The molecule has 1 aromatic rings. The number of hydrogen-bond acceptors (Lipinski definition) is 2. The van der Waals surface area contributed by atoms with Crippen molar-refractivity contribution in [1.82, 2.24) is 4.90 Å². The molecule has 19 heavy (non-hydrogen) atoms. The lowest BCUT2D eigenvalue weighted by Crippen LogP contribution is -2.34. The first-order chi connectivity index (χ1) is 9.22. The molecule has 3 heteroatoms. The van der Waals surface area contributed by atoms with Crippen molar-refractivity contribution in [3.8, 4) is 6.07 Å². The number of amides is 1. The van der Waals surface area contributed by atoms with Crippen molar-refractivity contribution in [3.05, 3.63) is 35.4 Å². The average molecular weight is 256 g/mol. The lowest BCUT2D eigenvalue weighted by Gasteiger charge is -2.21. The van der Waals surface area contributed by atoms with Crippen LogP contribution in [-0.2, 0) is 11.2 Å². The molecule has 0 aliphatic heterocycles. The van der Waals surface area contributed by atoms with Gasteiger partial charge in [-0.25, -0.2) is 0 Å². The Kier molecular flexibility index (Phi) is 4.57. The summed E-state index contributed by atoms with van der Waals surface area (Å²) in [7, 11) is 0. The molecule has 1 aliphatic rings. The fourth-order valence-corrected chi connectivity index (χ4v) is 2.34. The van der Waals surface area contributed by atoms with Gasteiger partial charge in [0.05, 0.1) is 12.5 Å². The van der Waals surface area contributed by atoms with Gasteiger partial charge >= 0.3 is 0 Å². The van der Waals surface area contributed by atoms with E-state index < -0.39 is 0 Å². The van der Waals surface area contributed by atoms with E-state index in [4.69, 9.17) is 5.26 Å². The standard InChI is InChI=1S/C16H20N2O/c1-13-5-2-3-6-14(13)7-10-16(19)18(12-4-11-17)15-8-9-15/h2-3,5-6,15H,4,7-10,12H2,1H3. The second-order valence-corrected chi connectivity index (χ2v) is 5.15. The predicted molar refractivity (Wildman–Crippen MR) is 74.5 cm³/mol. The summed E-state index contributed by atoms with van der Waals surface area (Å²) < 4.78 is 0. The fourth-order valence-electron chi connectivity index (χ4n) is 2.34. The van der Waals surface area contributed by atoms with Crippen LogP contribution in [-0.4, -0.2) is 23.4 Å². The Morgan fingerprint density at radius 3 is 2.79 bits per heavy atom. The number of rotatable bonds is 6. The van der Waals surface area contributed by atoms with Crippen LogP contribution in [0, 0.1) is 18.3 Å². The summed E-state index contributed by atoms with van der Waals surface area (Å²) in [6.07, 6.45) is 3.98. The number of benzene rings is 1. The Morgan fingerprint density at radius 2 is 2.16 bits per heavy atom. The molecule has 100 valence electrons. The molecule has 0 unspecified atom stereocenters. The Balaban J connectivity index is 1.89. The third-order valence-corrected chi connectivity index (χ3v) is 3.64. The summed E-state index contributed by atoms with van der Waals surface area (Å²) in [5.41, 5.74) is 2.48. The largest absolute Gasteiger partial charge is 0.339 e. The van der Waals surface area contributed by atoms with Gasteiger partial charge in [0, 0.05) is 19.0 Å². The molecular formula is C16H20N2O. The Hall–Kier alpha value is -1.82. The van der Waals surface area contributed by atoms with Crippen LogP contribution >= 0.6 is 0 Å². The first-order valence-corrected chi connectivity index (χ1v) is 6.93. The van der Waals surface area contributed by atoms with Crippen molar-refractivity contribution in [3.63, 3.8) is 0 Å². The third kappa shape index (κ3) is 3.82. The van der Waals surface area contributed by atoms with E-state index in [-0.39, 0.29) is 5.91 Å². The number of carbonyl (C=O) groups excluding carboxylic acids is 1. The molecule has 3 nitrogen and oxygen atoms in total. The monoisotopic (exact) mass is 256 g/mol. The van der Waals surface area contributed by atoms with Gasteiger partial charge in [-0.2, -0.15) is 5.26 Å². The van der Waals surface area contributed by atoms with E-state index in [1.165, 1.54) is 11.1 Å². The van der Waals surface area contributed by atoms with Gasteiger partial charge in [-0.05, 0) is 37.3 Å². The predicted octanol–water partition coefficient (Wildman–Crippen LogP) is 2.83. The van der Waals surface area contributed by atoms with Crippen LogP contribution < -0.4 is 0 Å². The second kappa shape index (κ2) is 6.38. The van der Waals surface area contributed by atoms with Crippen molar-refractivity contribution in [2.75, 3.05) is 6.54 Å². The highest BCUT2D eigenvalue weighted by Crippen LogP contribution is 2.27. The van der Waals surface area contributed by atoms with Gasteiger partial charge in [0.1, 0.15) is 0 Å². The molecule has 0 spiro atoms. The minimum absolute atomic E-state index is 0.195. The highest BCUT2D eigenvalue weighted by molar-refractivity contribution is 5.77. The van der Waals surface area contributed by atoms with Gasteiger partial charge in [-0.15, -0.1) is 0 Å². The van der Waals surface area contributed by atoms with Gasteiger partial charge in [-0.1, -0.05) is 24.3 Å². The minimum atomic E-state index is 0.195. The Labute approximate surface area is 114 Å². The molecule has 0 atom stereocenters. The molecule has 0 heterocycles. The molecule has 1 aliphatic carbocycles. The van der Waals surface area contributed by atoms with E-state index in [0.717, 1.165) is 19.3 Å². The average Bonchev–Trinajstić information content (AvgIpc) is 3.23. The third-order valence-electron chi connectivity index (χ3n) is 3.64. The van der Waals surface area contributed by atoms with Crippen molar-refractivity contribution < 1.29 is 4.79 Å². The van der Waals surface area contributed by atoms with Gasteiger partial charge in [0.2, 0.25) is 5.91 Å². The van der Waals surface area contributed by atoms with E-state index in [9.17, 15) is 4.79 Å². The topological polar surface area (TPSA) is 44.1 Å². The van der Waals surface area contributed by atoms with Gasteiger partial charge < -0.3 is 4.90 Å². The summed E-state index contributed by atoms with van der Waals surface area (Å²) in [5.74, 6) is 0.195. The summed E-state index contributed by atoms with van der Waals surface area (Å²) in [5, 5.41) is 8.66. The lowest BCUT2D eigenvalue weighted by molar-refractivity contribution is -0.131. The van der Waals surface area contributed by atoms with E-state index in [2.05, 4.69) is 25.1 Å². The molecular weight excluding hydrogens is 236 g/mol. The lowest BCUT2D eigenvalue weighted by atomic mass is 10.0. The number of hydrogen-bond donors (Lipinski definition) is 0. The smallest absolute Gasteiger partial charge is 0.223 e. The van der Waals surface area contributed by atoms with Crippen LogP contribution in [0.2, 0.25) is 0 Å². The zero-order chi connectivity index (χ0) is 13.7. The molecule has 1 saturated carbocycles. The van der Waals surface area contributed by atoms with E-state index >= 15 is 0 Å². The van der Waals surface area contributed by atoms with Gasteiger partial charge in [-0.3, -0.25) is 4.79 Å². The van der Waals surface area contributed by atoms with E-state index in [1.54, 1.807) is 0 Å². The molecule has 2 rings (SSSR count). The quantitative estimate of drug-likeness (QED) is 0.785. The molecule has 1 aromatic carbocycles. The van der Waals surface area contributed by atoms with Crippen LogP contribution in [0.5, 0.6) is 0 Å². The van der Waals surface area contributed by atoms with Gasteiger partial charge in [0.15, 0.2) is 0 Å². The minimum Gasteiger partial charge on any atom is -0.339 e. The van der Waals surface area contributed by atoms with Crippen LogP contribution in [0.4, 0.5) is 0 Å². The van der Waals surface area contributed by atoms with Crippen LogP contribution in [0.15, 0.2) is 24.3 Å². The maximum Gasteiger partial charge on any atom is 0.223 e. The van der Waals surface area contributed by atoms with Crippen LogP contribution in [0.1, 0.15) is 36.8 Å². The number of aryl methyl sites for hydroxylation is 2. The van der Waals surface area contributed by atoms with Crippen molar-refractivity contribution in [2.24, 2.45) is 0 Å².